The Morgan fingerprint density at radius 3 is 0.875 bits per heavy atom. The van der Waals surface area contributed by atoms with Gasteiger partial charge in [0.25, 0.3) is 0 Å². The molecule has 5 unspecified atom stereocenters. The Bertz CT molecular complexity index is 2690. The van der Waals surface area contributed by atoms with E-state index in [1.165, 1.54) is 19.3 Å². The summed E-state index contributed by atoms with van der Waals surface area (Å²) in [5.41, 5.74) is 0. The van der Waals surface area contributed by atoms with E-state index in [1.807, 2.05) is 18.2 Å². The summed E-state index contributed by atoms with van der Waals surface area (Å²) >= 11 is 0. The van der Waals surface area contributed by atoms with Gasteiger partial charge in [-0.2, -0.15) is 0 Å². The maximum atomic E-state index is 13.1. The number of esters is 4. The van der Waals surface area contributed by atoms with Crippen LogP contribution in [0.5, 0.6) is 0 Å². The summed E-state index contributed by atoms with van der Waals surface area (Å²) in [5.74, 6) is -2.42. The molecule has 0 aromatic carbocycles. The van der Waals surface area contributed by atoms with Crippen molar-refractivity contribution in [3.05, 3.63) is 182 Å². The topological polar surface area (TPSA) is 237 Å². The van der Waals surface area contributed by atoms with Gasteiger partial charge in [-0.3, -0.25) is 37.3 Å². The number of hydrogen-bond donors (Lipinski definition) is 3. The molecule has 0 aliphatic rings. The van der Waals surface area contributed by atoms with Crippen LogP contribution in [0.1, 0.15) is 272 Å². The molecular weight excluding hydrogens is 1350 g/mol. The molecule has 0 bridgehead atoms. The Kier molecular flexibility index (Phi) is 71.2. The van der Waals surface area contributed by atoms with Crippen molar-refractivity contribution >= 4 is 39.5 Å². The van der Waals surface area contributed by atoms with Crippen LogP contribution in [-0.2, 0) is 65.4 Å². The molecule has 588 valence electrons. The standard InChI is InChI=1S/C85H136O17P2/c1-5-9-13-17-21-25-29-33-37-38-39-40-44-46-50-54-58-62-66-70-83(88)96-76-81(102-85(90)72-68-64-60-56-52-48-43-36-32-28-24-20-16-12-8-4)78-100-104(93,94)98-74-79(86)73-97-103(91,92)99-77-80(101-84(89)71-67-63-59-55-51-47-42-35-31-27-23-19-15-11-7-3)75-95-82(87)69-65-61-57-53-49-45-41-34-30-26-22-18-14-10-6-2/h10-12,14-16,21-28,33-37,39-43,49,52-53,56,61,65,79-81,86H,5-9,13,17-20,29-32,38,44-48,50-51,54-55,57-60,62-64,66-78H2,1-4H3,(H,91,92)(H,93,94)/b14-10-,15-11-,16-12-,25-21-,26-22-,27-23-,28-24-,37-33-,40-39-,41-34-,42-35-,43-36-,53-49-,56-52-,65-61-. The minimum Gasteiger partial charge on any atom is -0.462 e. The van der Waals surface area contributed by atoms with Crippen molar-refractivity contribution in [2.75, 3.05) is 39.6 Å². The van der Waals surface area contributed by atoms with Crippen molar-refractivity contribution in [3.8, 4) is 0 Å². The van der Waals surface area contributed by atoms with Crippen molar-refractivity contribution in [2.24, 2.45) is 0 Å². The Morgan fingerprint density at radius 2 is 0.538 bits per heavy atom. The van der Waals surface area contributed by atoms with Gasteiger partial charge in [-0.1, -0.05) is 268 Å². The van der Waals surface area contributed by atoms with Crippen LogP contribution in [0.3, 0.4) is 0 Å². The molecule has 104 heavy (non-hydrogen) atoms. The molecule has 0 spiro atoms. The highest BCUT2D eigenvalue weighted by atomic mass is 31.2. The Hall–Kier alpha value is -5.84. The number of phosphoric ester groups is 2. The third-order valence-electron chi connectivity index (χ3n) is 15.4. The average Bonchev–Trinajstić information content (AvgIpc) is 0.912. The second kappa shape index (κ2) is 75.4. The zero-order valence-corrected chi connectivity index (χ0v) is 65.9. The first-order chi connectivity index (χ1) is 50.7. The number of hydrogen-bond acceptors (Lipinski definition) is 15. The smallest absolute Gasteiger partial charge is 0.462 e. The molecule has 0 radical (unpaired) electrons. The first-order valence-electron chi connectivity index (χ1n) is 39.0. The lowest BCUT2D eigenvalue weighted by Crippen LogP contribution is -2.30. The molecule has 0 aliphatic heterocycles. The fourth-order valence-corrected chi connectivity index (χ4v) is 11.1. The molecular formula is C85H136O17P2. The van der Waals surface area contributed by atoms with Crippen LogP contribution in [0.4, 0.5) is 0 Å². The first-order valence-corrected chi connectivity index (χ1v) is 42.0. The molecule has 5 atom stereocenters. The lowest BCUT2D eigenvalue weighted by atomic mass is 10.1. The summed E-state index contributed by atoms with van der Waals surface area (Å²) < 4.78 is 68.4. The summed E-state index contributed by atoms with van der Waals surface area (Å²) in [4.78, 5) is 72.9. The highest BCUT2D eigenvalue weighted by molar-refractivity contribution is 7.47. The van der Waals surface area contributed by atoms with Crippen molar-refractivity contribution < 1.29 is 80.2 Å². The van der Waals surface area contributed by atoms with E-state index in [4.69, 9.17) is 37.0 Å². The van der Waals surface area contributed by atoms with Crippen LogP contribution in [0.15, 0.2) is 182 Å². The predicted molar refractivity (Wildman–Crippen MR) is 426 cm³/mol. The van der Waals surface area contributed by atoms with E-state index in [-0.39, 0.29) is 25.7 Å². The number of ether oxygens (including phenoxy) is 4. The summed E-state index contributed by atoms with van der Waals surface area (Å²) in [6.45, 7) is 4.28. The number of aliphatic hydroxyl groups is 1. The fraction of sp³-hybridized carbons (Fsp3) is 0.600. The van der Waals surface area contributed by atoms with Crippen LogP contribution < -0.4 is 0 Å². The van der Waals surface area contributed by atoms with Crippen molar-refractivity contribution in [2.45, 2.75) is 290 Å². The van der Waals surface area contributed by atoms with Gasteiger partial charge in [0.05, 0.1) is 32.8 Å². The highest BCUT2D eigenvalue weighted by Gasteiger charge is 2.30. The molecule has 19 heteroatoms. The number of rotatable bonds is 71. The molecule has 0 heterocycles. The van der Waals surface area contributed by atoms with Crippen molar-refractivity contribution in [1.82, 2.24) is 0 Å². The quantitative estimate of drug-likeness (QED) is 0.0169. The van der Waals surface area contributed by atoms with Crippen LogP contribution >= 0.6 is 15.6 Å². The summed E-state index contributed by atoms with van der Waals surface area (Å²) in [7, 11) is -10.0. The molecule has 3 N–H and O–H groups in total. The van der Waals surface area contributed by atoms with E-state index in [9.17, 15) is 43.2 Å². The molecule has 0 aromatic heterocycles. The average molecular weight is 1490 g/mol. The van der Waals surface area contributed by atoms with Crippen molar-refractivity contribution in [3.63, 3.8) is 0 Å². The Balaban J connectivity index is 5.49. The van der Waals surface area contributed by atoms with Gasteiger partial charge in [-0.05, 0) is 161 Å². The zero-order valence-electron chi connectivity index (χ0n) is 64.1. The van der Waals surface area contributed by atoms with E-state index in [1.54, 1.807) is 6.08 Å². The SMILES string of the molecule is CC/C=C\C/C=C\C/C=C\C/C=C\C/C=C\CC(=O)OCC(COP(=O)(O)OCC(O)COP(=O)(O)OCC(COC(=O)CCCCCCCC/C=C\C/C=C\C/C=C\CCCCC)OC(=O)CCCC/C=C\C/C=C\C/C=C\C/C=C\CC)OC(=O)CCCCCCC/C=C\C/C=C\C/C=C\CC. The summed E-state index contributed by atoms with van der Waals surface area (Å²) in [6, 6.07) is 0. The summed E-state index contributed by atoms with van der Waals surface area (Å²) in [5, 5.41) is 10.6. The molecule has 17 nitrogen and oxygen atoms in total. The molecule has 0 rings (SSSR count). The van der Waals surface area contributed by atoms with E-state index in [2.05, 4.69) is 186 Å². The molecule has 0 saturated carbocycles. The van der Waals surface area contributed by atoms with Gasteiger partial charge in [-0.15, -0.1) is 0 Å². The van der Waals surface area contributed by atoms with E-state index in [0.29, 0.717) is 32.1 Å². The van der Waals surface area contributed by atoms with Crippen LogP contribution in [-0.4, -0.2) is 96.7 Å². The second-order valence-corrected chi connectivity index (χ2v) is 28.1. The number of unbranched alkanes of at least 4 members (excludes halogenated alkanes) is 16. The third kappa shape index (κ3) is 74.4. The molecule has 0 saturated heterocycles. The number of aliphatic hydroxyl groups excluding tert-OH is 1. The molecule has 0 amide bonds. The lowest BCUT2D eigenvalue weighted by molar-refractivity contribution is -0.161. The minimum atomic E-state index is -5.01. The molecule has 0 aromatic rings. The number of phosphoric acid groups is 2. The Labute approximate surface area is 628 Å². The third-order valence-corrected chi connectivity index (χ3v) is 17.3. The van der Waals surface area contributed by atoms with Gasteiger partial charge in [0.2, 0.25) is 0 Å². The second-order valence-electron chi connectivity index (χ2n) is 25.2. The van der Waals surface area contributed by atoms with E-state index >= 15 is 0 Å². The molecule has 0 aliphatic carbocycles. The maximum Gasteiger partial charge on any atom is 0.472 e. The lowest BCUT2D eigenvalue weighted by Gasteiger charge is -2.21. The number of carbonyl (C=O) groups is 4. The van der Waals surface area contributed by atoms with Gasteiger partial charge >= 0.3 is 39.5 Å². The first kappa shape index (κ1) is 98.2. The van der Waals surface area contributed by atoms with Gasteiger partial charge < -0.3 is 33.8 Å². The fourth-order valence-electron chi connectivity index (χ4n) is 9.54. The Morgan fingerprint density at radius 1 is 0.288 bits per heavy atom. The monoisotopic (exact) mass is 1490 g/mol. The van der Waals surface area contributed by atoms with E-state index < -0.39 is 97.5 Å². The predicted octanol–water partition coefficient (Wildman–Crippen LogP) is 22.8. The van der Waals surface area contributed by atoms with Gasteiger partial charge in [0, 0.05) is 19.3 Å². The van der Waals surface area contributed by atoms with Crippen molar-refractivity contribution in [1.29, 1.82) is 0 Å². The zero-order chi connectivity index (χ0) is 76.0. The minimum absolute atomic E-state index is 0.0303. The van der Waals surface area contributed by atoms with E-state index in [0.717, 1.165) is 167 Å². The van der Waals surface area contributed by atoms with Crippen LogP contribution in [0.2, 0.25) is 0 Å². The number of allylic oxidation sites excluding steroid dienone is 29. The normalized spacial score (nSPS) is 14.9. The van der Waals surface area contributed by atoms with Crippen LogP contribution in [0.25, 0.3) is 0 Å². The highest BCUT2D eigenvalue weighted by Crippen LogP contribution is 2.45. The van der Waals surface area contributed by atoms with Gasteiger partial charge in [-0.25, -0.2) is 9.13 Å². The van der Waals surface area contributed by atoms with Gasteiger partial charge in [0.15, 0.2) is 12.2 Å². The maximum absolute atomic E-state index is 13.1. The van der Waals surface area contributed by atoms with Crippen LogP contribution in [0, 0.1) is 0 Å². The largest absolute Gasteiger partial charge is 0.472 e. The number of carbonyl (C=O) groups excluding carboxylic acids is 4. The van der Waals surface area contributed by atoms with Gasteiger partial charge in [0.1, 0.15) is 19.3 Å². The molecule has 0 fully saturated rings. The summed E-state index contributed by atoms with van der Waals surface area (Å²) in [6.07, 6.45) is 90.5.